The molecule has 82 valence electrons. The SMILES string of the molecule is CCCCSc1cc(C(=O)O)ccc1C. The van der Waals surface area contributed by atoms with Gasteiger partial charge in [-0.25, -0.2) is 4.79 Å². The molecule has 0 aliphatic carbocycles. The van der Waals surface area contributed by atoms with Gasteiger partial charge in [-0.05, 0) is 36.8 Å². The highest BCUT2D eigenvalue weighted by Gasteiger charge is 2.06. The second-order valence-electron chi connectivity index (χ2n) is 3.49. The van der Waals surface area contributed by atoms with E-state index < -0.39 is 5.97 Å². The predicted molar refractivity (Wildman–Crippen MR) is 63.8 cm³/mol. The molecule has 0 amide bonds. The van der Waals surface area contributed by atoms with Crippen LogP contribution in [0.4, 0.5) is 0 Å². The lowest BCUT2D eigenvalue weighted by Gasteiger charge is -2.06. The molecule has 2 nitrogen and oxygen atoms in total. The third-order valence-corrected chi connectivity index (χ3v) is 3.43. The van der Waals surface area contributed by atoms with Crippen LogP contribution in [0.1, 0.15) is 35.7 Å². The minimum Gasteiger partial charge on any atom is -0.478 e. The van der Waals surface area contributed by atoms with E-state index in [1.807, 2.05) is 13.0 Å². The van der Waals surface area contributed by atoms with E-state index in [0.717, 1.165) is 16.2 Å². The van der Waals surface area contributed by atoms with E-state index in [2.05, 4.69) is 6.92 Å². The number of thioether (sulfide) groups is 1. The number of aromatic carboxylic acids is 1. The zero-order chi connectivity index (χ0) is 11.3. The van der Waals surface area contributed by atoms with Crippen LogP contribution in [0.25, 0.3) is 0 Å². The molecule has 0 radical (unpaired) electrons. The number of hydrogen-bond donors (Lipinski definition) is 1. The Morgan fingerprint density at radius 3 is 2.80 bits per heavy atom. The average molecular weight is 224 g/mol. The highest BCUT2D eigenvalue weighted by atomic mass is 32.2. The van der Waals surface area contributed by atoms with Crippen LogP contribution in [-0.4, -0.2) is 16.8 Å². The maximum Gasteiger partial charge on any atom is 0.335 e. The molecule has 0 spiro atoms. The zero-order valence-corrected chi connectivity index (χ0v) is 9.93. The molecule has 1 aromatic carbocycles. The van der Waals surface area contributed by atoms with E-state index in [1.54, 1.807) is 23.9 Å². The van der Waals surface area contributed by atoms with Crippen molar-refractivity contribution in [2.75, 3.05) is 5.75 Å². The highest BCUT2D eigenvalue weighted by molar-refractivity contribution is 7.99. The molecule has 1 N–H and O–H groups in total. The van der Waals surface area contributed by atoms with Crippen LogP contribution in [0.5, 0.6) is 0 Å². The molecule has 3 heteroatoms. The lowest BCUT2D eigenvalue weighted by atomic mass is 10.1. The quantitative estimate of drug-likeness (QED) is 0.613. The van der Waals surface area contributed by atoms with Crippen LogP contribution < -0.4 is 0 Å². The van der Waals surface area contributed by atoms with E-state index in [4.69, 9.17) is 5.11 Å². The monoisotopic (exact) mass is 224 g/mol. The molecule has 15 heavy (non-hydrogen) atoms. The Balaban J connectivity index is 2.76. The lowest BCUT2D eigenvalue weighted by Crippen LogP contribution is -1.97. The van der Waals surface area contributed by atoms with Gasteiger partial charge in [0.25, 0.3) is 0 Å². The molecular formula is C12H16O2S. The first-order chi connectivity index (χ1) is 7.15. The van der Waals surface area contributed by atoms with E-state index in [1.165, 1.54) is 12.8 Å². The second kappa shape index (κ2) is 5.81. The molecule has 0 aliphatic rings. The number of carboxylic acids is 1. The van der Waals surface area contributed by atoms with Crippen molar-refractivity contribution in [1.29, 1.82) is 0 Å². The number of benzene rings is 1. The maximum absolute atomic E-state index is 10.8. The van der Waals surface area contributed by atoms with Crippen molar-refractivity contribution in [3.05, 3.63) is 29.3 Å². The van der Waals surface area contributed by atoms with Gasteiger partial charge in [0, 0.05) is 4.90 Å². The van der Waals surface area contributed by atoms with E-state index >= 15 is 0 Å². The minimum absolute atomic E-state index is 0.375. The summed E-state index contributed by atoms with van der Waals surface area (Å²) in [6, 6.07) is 5.29. The fourth-order valence-corrected chi connectivity index (χ4v) is 2.37. The zero-order valence-electron chi connectivity index (χ0n) is 9.12. The van der Waals surface area contributed by atoms with Crippen LogP contribution in [0.2, 0.25) is 0 Å². The van der Waals surface area contributed by atoms with Gasteiger partial charge < -0.3 is 5.11 Å². The molecule has 1 rings (SSSR count). The van der Waals surface area contributed by atoms with Gasteiger partial charge in [0.05, 0.1) is 5.56 Å². The van der Waals surface area contributed by atoms with Crippen LogP contribution in [-0.2, 0) is 0 Å². The summed E-state index contributed by atoms with van der Waals surface area (Å²) in [5, 5.41) is 8.86. The van der Waals surface area contributed by atoms with Crippen LogP contribution in [0, 0.1) is 6.92 Å². The van der Waals surface area contributed by atoms with Crippen LogP contribution in [0.15, 0.2) is 23.1 Å². The van der Waals surface area contributed by atoms with Gasteiger partial charge in [0.2, 0.25) is 0 Å². The van der Waals surface area contributed by atoms with Gasteiger partial charge in [-0.1, -0.05) is 19.4 Å². The van der Waals surface area contributed by atoms with Crippen molar-refractivity contribution >= 4 is 17.7 Å². The summed E-state index contributed by atoms with van der Waals surface area (Å²) in [5.41, 5.74) is 1.53. The fraction of sp³-hybridized carbons (Fsp3) is 0.417. The lowest BCUT2D eigenvalue weighted by molar-refractivity contribution is 0.0696. The molecule has 0 saturated carbocycles. The first-order valence-electron chi connectivity index (χ1n) is 5.12. The van der Waals surface area contributed by atoms with E-state index in [9.17, 15) is 4.79 Å². The molecule has 0 aliphatic heterocycles. The smallest absolute Gasteiger partial charge is 0.335 e. The summed E-state index contributed by atoms with van der Waals surface area (Å²) in [6.07, 6.45) is 2.34. The fourth-order valence-electron chi connectivity index (χ4n) is 1.22. The van der Waals surface area contributed by atoms with Gasteiger partial charge in [-0.2, -0.15) is 0 Å². The van der Waals surface area contributed by atoms with Gasteiger partial charge in [0.15, 0.2) is 0 Å². The Morgan fingerprint density at radius 2 is 2.20 bits per heavy atom. The van der Waals surface area contributed by atoms with Crippen LogP contribution in [0.3, 0.4) is 0 Å². The Morgan fingerprint density at radius 1 is 1.47 bits per heavy atom. The topological polar surface area (TPSA) is 37.3 Å². The molecule has 0 bridgehead atoms. The second-order valence-corrected chi connectivity index (χ2v) is 4.62. The number of rotatable bonds is 5. The van der Waals surface area contributed by atoms with Crippen molar-refractivity contribution in [3.8, 4) is 0 Å². The molecule has 1 aromatic rings. The molecule has 0 atom stereocenters. The van der Waals surface area contributed by atoms with Gasteiger partial charge in [0.1, 0.15) is 0 Å². The Hall–Kier alpha value is -0.960. The number of carboxylic acid groups (broad SMARTS) is 1. The first kappa shape index (κ1) is 12.1. The van der Waals surface area contributed by atoms with Crippen molar-refractivity contribution in [3.63, 3.8) is 0 Å². The standard InChI is InChI=1S/C12H16O2S/c1-3-4-7-15-11-8-10(12(13)14)6-5-9(11)2/h5-6,8H,3-4,7H2,1-2H3,(H,13,14). The summed E-state index contributed by atoms with van der Waals surface area (Å²) in [5.74, 6) is 0.202. The van der Waals surface area contributed by atoms with Crippen molar-refractivity contribution in [2.24, 2.45) is 0 Å². The molecule has 0 saturated heterocycles. The van der Waals surface area contributed by atoms with Crippen molar-refractivity contribution in [2.45, 2.75) is 31.6 Å². The third kappa shape index (κ3) is 3.59. The molecule has 0 unspecified atom stereocenters. The summed E-state index contributed by atoms with van der Waals surface area (Å²) >= 11 is 1.74. The van der Waals surface area contributed by atoms with Gasteiger partial charge in [-0.3, -0.25) is 0 Å². The Bertz CT molecular complexity index is 347. The predicted octanol–water partition coefficient (Wildman–Crippen LogP) is 3.59. The molecule has 0 heterocycles. The third-order valence-electron chi connectivity index (χ3n) is 2.19. The first-order valence-corrected chi connectivity index (χ1v) is 6.10. The Kier molecular flexibility index (Phi) is 4.69. The number of carbonyl (C=O) groups is 1. The van der Waals surface area contributed by atoms with Crippen molar-refractivity contribution in [1.82, 2.24) is 0 Å². The normalized spacial score (nSPS) is 10.3. The summed E-state index contributed by atoms with van der Waals surface area (Å²) in [6.45, 7) is 4.17. The Labute approximate surface area is 94.7 Å². The summed E-state index contributed by atoms with van der Waals surface area (Å²) in [4.78, 5) is 11.9. The molecule has 0 fully saturated rings. The number of unbranched alkanes of at least 4 members (excludes halogenated alkanes) is 1. The van der Waals surface area contributed by atoms with Crippen molar-refractivity contribution < 1.29 is 9.90 Å². The molecular weight excluding hydrogens is 208 g/mol. The minimum atomic E-state index is -0.854. The summed E-state index contributed by atoms with van der Waals surface area (Å²) in [7, 11) is 0. The maximum atomic E-state index is 10.8. The van der Waals surface area contributed by atoms with E-state index in [0.29, 0.717) is 5.56 Å². The van der Waals surface area contributed by atoms with Gasteiger partial charge in [-0.15, -0.1) is 11.8 Å². The van der Waals surface area contributed by atoms with Gasteiger partial charge >= 0.3 is 5.97 Å². The highest BCUT2D eigenvalue weighted by Crippen LogP contribution is 2.24. The summed E-state index contributed by atoms with van der Waals surface area (Å²) < 4.78 is 0. The average Bonchev–Trinajstić information content (AvgIpc) is 2.20. The van der Waals surface area contributed by atoms with E-state index in [-0.39, 0.29) is 0 Å². The molecule has 0 aromatic heterocycles. The van der Waals surface area contributed by atoms with Crippen LogP contribution >= 0.6 is 11.8 Å². The largest absolute Gasteiger partial charge is 0.478 e. The number of aryl methyl sites for hydroxylation is 1. The number of hydrogen-bond acceptors (Lipinski definition) is 2.